The molecule has 1 amide bonds. The van der Waals surface area contributed by atoms with E-state index in [4.69, 9.17) is 0 Å². The zero-order valence-electron chi connectivity index (χ0n) is 18.8. The van der Waals surface area contributed by atoms with Crippen molar-refractivity contribution < 1.29 is 9.59 Å². The maximum atomic E-state index is 13.6. The van der Waals surface area contributed by atoms with Gasteiger partial charge in [0.2, 0.25) is 5.91 Å². The number of allylic oxidation sites excluding steroid dienone is 1. The lowest BCUT2D eigenvalue weighted by atomic mass is 9.78. The molecule has 0 fully saturated rings. The number of fused-ring (bicyclic) bond motifs is 1. The number of nitrogens with one attached hydrogen (secondary N) is 3. The quantitative estimate of drug-likeness (QED) is 0.475. The number of hydrogen-bond acceptors (Lipinski definition) is 4. The molecule has 0 saturated carbocycles. The Morgan fingerprint density at radius 2 is 1.55 bits per heavy atom. The summed E-state index contributed by atoms with van der Waals surface area (Å²) in [6.45, 7) is 3.57. The Bertz CT molecular complexity index is 1240. The Balaban J connectivity index is 1.55. The molecule has 0 bridgehead atoms. The molecule has 1 aliphatic carbocycles. The second kappa shape index (κ2) is 8.58. The highest BCUT2D eigenvalue weighted by molar-refractivity contribution is 6.01. The number of aryl methyl sites for hydroxylation is 1. The Kier molecular flexibility index (Phi) is 5.47. The van der Waals surface area contributed by atoms with Gasteiger partial charge in [0.1, 0.15) is 0 Å². The van der Waals surface area contributed by atoms with Crippen LogP contribution in [0.2, 0.25) is 0 Å². The SMILES string of the molecule is CC(=O)Nc1ccc([C@H]2Nc3ccccc3NC3=C2C(=O)C[C@H](c2ccc(C)cc2)C3)cc1. The molecule has 5 nitrogen and oxygen atoms in total. The summed E-state index contributed by atoms with van der Waals surface area (Å²) in [6.07, 6.45) is 1.27. The van der Waals surface area contributed by atoms with Crippen molar-refractivity contribution in [1.82, 2.24) is 0 Å². The van der Waals surface area contributed by atoms with Crippen molar-refractivity contribution in [3.05, 3.63) is 101 Å². The van der Waals surface area contributed by atoms with Gasteiger partial charge in [0.15, 0.2) is 5.78 Å². The van der Waals surface area contributed by atoms with Gasteiger partial charge in [-0.25, -0.2) is 0 Å². The van der Waals surface area contributed by atoms with E-state index in [0.717, 1.165) is 40.3 Å². The first-order valence-corrected chi connectivity index (χ1v) is 11.3. The standard InChI is InChI=1S/C28H27N3O2/c1-17-7-9-19(10-8-17)21-15-25-27(26(33)16-21)28(31-24-6-4-3-5-23(24)30-25)20-11-13-22(14-12-20)29-18(2)32/h3-14,21,28,30-31H,15-16H2,1-2H3,(H,29,32)/t21-,28-/m1/s1. The molecule has 0 unspecified atom stereocenters. The van der Waals surface area contributed by atoms with Crippen LogP contribution in [0.25, 0.3) is 0 Å². The van der Waals surface area contributed by atoms with Crippen molar-refractivity contribution in [2.24, 2.45) is 0 Å². The minimum atomic E-state index is -0.269. The molecule has 1 aliphatic heterocycles. The Morgan fingerprint density at radius 1 is 0.879 bits per heavy atom. The van der Waals surface area contributed by atoms with Gasteiger partial charge in [-0.2, -0.15) is 0 Å². The van der Waals surface area contributed by atoms with Crippen LogP contribution in [0.5, 0.6) is 0 Å². The fourth-order valence-electron chi connectivity index (χ4n) is 4.78. The normalized spacial score (nSPS) is 19.5. The van der Waals surface area contributed by atoms with Crippen molar-refractivity contribution in [2.45, 2.75) is 38.6 Å². The molecule has 166 valence electrons. The first kappa shape index (κ1) is 21.0. The van der Waals surface area contributed by atoms with Crippen molar-refractivity contribution in [3.63, 3.8) is 0 Å². The van der Waals surface area contributed by atoms with Gasteiger partial charge >= 0.3 is 0 Å². The van der Waals surface area contributed by atoms with Crippen molar-refractivity contribution in [1.29, 1.82) is 0 Å². The third-order valence-electron chi connectivity index (χ3n) is 6.42. The lowest BCUT2D eigenvalue weighted by molar-refractivity contribution is -0.116. The molecular formula is C28H27N3O2. The smallest absolute Gasteiger partial charge is 0.221 e. The minimum Gasteiger partial charge on any atom is -0.372 e. The zero-order chi connectivity index (χ0) is 22.9. The predicted octanol–water partition coefficient (Wildman–Crippen LogP) is 5.93. The Labute approximate surface area is 193 Å². The summed E-state index contributed by atoms with van der Waals surface area (Å²) >= 11 is 0. The fourth-order valence-corrected chi connectivity index (χ4v) is 4.78. The topological polar surface area (TPSA) is 70.2 Å². The van der Waals surface area contributed by atoms with Gasteiger partial charge in [-0.05, 0) is 54.7 Å². The van der Waals surface area contributed by atoms with Gasteiger partial charge in [0, 0.05) is 30.3 Å². The largest absolute Gasteiger partial charge is 0.372 e. The molecule has 3 aromatic rings. The van der Waals surface area contributed by atoms with Crippen LogP contribution < -0.4 is 16.0 Å². The van der Waals surface area contributed by atoms with E-state index in [-0.39, 0.29) is 23.7 Å². The molecule has 5 rings (SSSR count). The maximum Gasteiger partial charge on any atom is 0.221 e. The average molecular weight is 438 g/mol. The first-order chi connectivity index (χ1) is 16.0. The molecule has 0 spiro atoms. The highest BCUT2D eigenvalue weighted by atomic mass is 16.1. The number of rotatable bonds is 3. The van der Waals surface area contributed by atoms with E-state index < -0.39 is 0 Å². The van der Waals surface area contributed by atoms with Crippen LogP contribution in [-0.2, 0) is 9.59 Å². The molecule has 3 aromatic carbocycles. The number of Topliss-reactive ketones (excluding diaryl/α,β-unsaturated/α-hetero) is 1. The number of para-hydroxylation sites is 2. The average Bonchev–Trinajstić information content (AvgIpc) is 2.96. The monoisotopic (exact) mass is 437 g/mol. The number of amides is 1. The number of ketones is 1. The number of hydrogen-bond donors (Lipinski definition) is 3. The molecule has 5 heteroatoms. The molecule has 0 aromatic heterocycles. The van der Waals surface area contributed by atoms with Crippen LogP contribution in [0.4, 0.5) is 17.1 Å². The van der Waals surface area contributed by atoms with E-state index in [1.807, 2.05) is 48.5 Å². The summed E-state index contributed by atoms with van der Waals surface area (Å²) in [4.78, 5) is 25.0. The number of anilines is 3. The molecule has 0 saturated heterocycles. The van der Waals surface area contributed by atoms with E-state index in [0.29, 0.717) is 6.42 Å². The van der Waals surface area contributed by atoms with E-state index in [1.165, 1.54) is 18.1 Å². The summed E-state index contributed by atoms with van der Waals surface area (Å²) in [6, 6.07) is 24.0. The summed E-state index contributed by atoms with van der Waals surface area (Å²) in [5.41, 5.74) is 7.84. The number of carbonyl (C=O) groups excluding carboxylic acids is 2. The maximum absolute atomic E-state index is 13.6. The molecule has 2 atom stereocenters. The van der Waals surface area contributed by atoms with Gasteiger partial charge in [0.05, 0.1) is 17.4 Å². The molecular weight excluding hydrogens is 410 g/mol. The van der Waals surface area contributed by atoms with E-state index >= 15 is 0 Å². The van der Waals surface area contributed by atoms with Crippen LogP contribution >= 0.6 is 0 Å². The summed E-state index contributed by atoms with van der Waals surface area (Å²) < 4.78 is 0. The highest BCUT2D eigenvalue weighted by Crippen LogP contribution is 2.44. The number of benzene rings is 3. The van der Waals surface area contributed by atoms with Crippen LogP contribution in [0, 0.1) is 6.92 Å². The molecule has 2 aliphatic rings. The molecule has 3 N–H and O–H groups in total. The predicted molar refractivity (Wildman–Crippen MR) is 132 cm³/mol. The lowest BCUT2D eigenvalue weighted by Crippen LogP contribution is -2.26. The van der Waals surface area contributed by atoms with Gasteiger partial charge in [0.25, 0.3) is 0 Å². The van der Waals surface area contributed by atoms with Crippen LogP contribution in [-0.4, -0.2) is 11.7 Å². The summed E-state index contributed by atoms with van der Waals surface area (Å²) in [5, 5.41) is 9.98. The Hall–Kier alpha value is -3.86. The van der Waals surface area contributed by atoms with Gasteiger partial charge in [-0.15, -0.1) is 0 Å². The third-order valence-corrected chi connectivity index (χ3v) is 6.42. The van der Waals surface area contributed by atoms with Crippen molar-refractivity contribution in [3.8, 4) is 0 Å². The zero-order valence-corrected chi connectivity index (χ0v) is 18.8. The summed E-state index contributed by atoms with van der Waals surface area (Å²) in [5.74, 6) is 0.200. The molecule has 0 radical (unpaired) electrons. The van der Waals surface area contributed by atoms with Crippen molar-refractivity contribution in [2.75, 3.05) is 16.0 Å². The van der Waals surface area contributed by atoms with Crippen LogP contribution in [0.1, 0.15) is 48.4 Å². The Morgan fingerprint density at radius 3 is 2.24 bits per heavy atom. The van der Waals surface area contributed by atoms with Crippen molar-refractivity contribution >= 4 is 28.8 Å². The minimum absolute atomic E-state index is 0.108. The van der Waals surface area contributed by atoms with Crippen LogP contribution in [0.15, 0.2) is 84.1 Å². The van der Waals surface area contributed by atoms with E-state index in [2.05, 4.69) is 47.1 Å². The van der Waals surface area contributed by atoms with Gasteiger partial charge in [-0.3, -0.25) is 9.59 Å². The van der Waals surface area contributed by atoms with E-state index in [1.54, 1.807) is 0 Å². The first-order valence-electron chi connectivity index (χ1n) is 11.3. The molecule has 1 heterocycles. The second-order valence-corrected chi connectivity index (χ2v) is 8.88. The van der Waals surface area contributed by atoms with Gasteiger partial charge < -0.3 is 16.0 Å². The lowest BCUT2D eigenvalue weighted by Gasteiger charge is -2.30. The second-order valence-electron chi connectivity index (χ2n) is 8.88. The van der Waals surface area contributed by atoms with E-state index in [9.17, 15) is 9.59 Å². The summed E-state index contributed by atoms with van der Waals surface area (Å²) in [7, 11) is 0. The fraction of sp³-hybridized carbons (Fsp3) is 0.214. The molecule has 33 heavy (non-hydrogen) atoms. The highest BCUT2D eigenvalue weighted by Gasteiger charge is 2.36. The number of carbonyl (C=O) groups is 2. The van der Waals surface area contributed by atoms with Gasteiger partial charge in [-0.1, -0.05) is 54.1 Å². The van der Waals surface area contributed by atoms with Crippen LogP contribution in [0.3, 0.4) is 0 Å². The third kappa shape index (κ3) is 4.27.